The van der Waals surface area contributed by atoms with Gasteiger partial charge in [-0.05, 0) is 48.2 Å². The first-order valence-corrected chi connectivity index (χ1v) is 9.86. The summed E-state index contributed by atoms with van der Waals surface area (Å²) in [4.78, 5) is 30.9. The Labute approximate surface area is 170 Å². The number of rotatable bonds is 4. The van der Waals surface area contributed by atoms with E-state index in [9.17, 15) is 9.59 Å². The number of hydrogen-bond acceptors (Lipinski definition) is 3. The Hall–Kier alpha value is -3.47. The van der Waals surface area contributed by atoms with Gasteiger partial charge in [-0.1, -0.05) is 42.5 Å². The molecule has 29 heavy (non-hydrogen) atoms. The highest BCUT2D eigenvalue weighted by atomic mass is 16.2. The molecule has 1 N–H and O–H groups in total. The van der Waals surface area contributed by atoms with Gasteiger partial charge in [0.1, 0.15) is 0 Å². The molecule has 3 aromatic rings. The number of hydrogen-bond donors (Lipinski definition) is 1. The molecular formula is C24H23N3O2. The van der Waals surface area contributed by atoms with Crippen LogP contribution in [0.15, 0.2) is 79.1 Å². The van der Waals surface area contributed by atoms with E-state index in [1.54, 1.807) is 24.5 Å². The molecule has 2 heterocycles. The molecule has 1 aliphatic rings. The third-order valence-corrected chi connectivity index (χ3v) is 5.28. The van der Waals surface area contributed by atoms with Crippen molar-refractivity contribution in [2.45, 2.75) is 18.9 Å². The number of nitrogens with one attached hydrogen (secondary N) is 1. The predicted octanol–water partition coefficient (Wildman–Crippen LogP) is 3.78. The molecule has 0 radical (unpaired) electrons. The van der Waals surface area contributed by atoms with Crippen molar-refractivity contribution in [2.24, 2.45) is 0 Å². The van der Waals surface area contributed by atoms with E-state index in [0.29, 0.717) is 24.2 Å². The van der Waals surface area contributed by atoms with Gasteiger partial charge < -0.3 is 10.2 Å². The maximum Gasteiger partial charge on any atom is 0.253 e. The van der Waals surface area contributed by atoms with Gasteiger partial charge in [-0.2, -0.15) is 0 Å². The van der Waals surface area contributed by atoms with E-state index in [1.807, 2.05) is 47.4 Å². The van der Waals surface area contributed by atoms with Gasteiger partial charge >= 0.3 is 0 Å². The number of piperidine rings is 1. The van der Waals surface area contributed by atoms with Gasteiger partial charge in [0.2, 0.25) is 0 Å². The molecule has 0 unspecified atom stereocenters. The number of benzene rings is 2. The summed E-state index contributed by atoms with van der Waals surface area (Å²) in [5.74, 6) is -0.0685. The van der Waals surface area contributed by atoms with Crippen molar-refractivity contribution < 1.29 is 9.59 Å². The summed E-state index contributed by atoms with van der Waals surface area (Å²) in [6.45, 7) is 1.27. The molecule has 1 aromatic heterocycles. The van der Waals surface area contributed by atoms with E-state index in [0.717, 1.165) is 24.0 Å². The molecule has 4 rings (SSSR count). The first kappa shape index (κ1) is 18.9. The number of carbonyl (C=O) groups excluding carboxylic acids is 2. The molecule has 0 spiro atoms. The van der Waals surface area contributed by atoms with E-state index in [-0.39, 0.29) is 17.9 Å². The zero-order chi connectivity index (χ0) is 20.1. The first-order valence-electron chi connectivity index (χ1n) is 9.86. The van der Waals surface area contributed by atoms with Crippen LogP contribution in [0.1, 0.15) is 33.6 Å². The summed E-state index contributed by atoms with van der Waals surface area (Å²) in [7, 11) is 0. The Morgan fingerprint density at radius 3 is 2.17 bits per heavy atom. The maximum atomic E-state index is 12.8. The van der Waals surface area contributed by atoms with Gasteiger partial charge in [0, 0.05) is 37.1 Å². The fourth-order valence-corrected chi connectivity index (χ4v) is 3.61. The minimum Gasteiger partial charge on any atom is -0.349 e. The second kappa shape index (κ2) is 8.69. The van der Waals surface area contributed by atoms with Crippen molar-refractivity contribution >= 4 is 11.8 Å². The summed E-state index contributed by atoms with van der Waals surface area (Å²) in [5, 5.41) is 3.04. The average Bonchev–Trinajstić information content (AvgIpc) is 2.80. The molecule has 5 nitrogen and oxygen atoms in total. The lowest BCUT2D eigenvalue weighted by atomic mass is 10.0. The fraction of sp³-hybridized carbons (Fsp3) is 0.208. The van der Waals surface area contributed by atoms with Crippen molar-refractivity contribution in [1.82, 2.24) is 15.2 Å². The molecule has 0 aliphatic carbocycles. The lowest BCUT2D eigenvalue weighted by Crippen LogP contribution is -2.46. The quantitative estimate of drug-likeness (QED) is 0.743. The highest BCUT2D eigenvalue weighted by molar-refractivity contribution is 5.95. The van der Waals surface area contributed by atoms with Crippen molar-refractivity contribution in [3.63, 3.8) is 0 Å². The van der Waals surface area contributed by atoms with Crippen LogP contribution < -0.4 is 5.32 Å². The van der Waals surface area contributed by atoms with E-state index < -0.39 is 0 Å². The Morgan fingerprint density at radius 1 is 0.828 bits per heavy atom. The van der Waals surface area contributed by atoms with Crippen molar-refractivity contribution in [1.29, 1.82) is 0 Å². The number of pyridine rings is 1. The number of amides is 2. The van der Waals surface area contributed by atoms with Crippen LogP contribution in [-0.2, 0) is 0 Å². The van der Waals surface area contributed by atoms with Crippen molar-refractivity contribution in [3.05, 3.63) is 90.3 Å². The van der Waals surface area contributed by atoms with Crippen LogP contribution in [-0.4, -0.2) is 40.8 Å². The van der Waals surface area contributed by atoms with Gasteiger partial charge in [-0.15, -0.1) is 0 Å². The van der Waals surface area contributed by atoms with E-state index >= 15 is 0 Å². The second-order valence-electron chi connectivity index (χ2n) is 7.23. The van der Waals surface area contributed by atoms with Crippen molar-refractivity contribution in [3.8, 4) is 11.1 Å². The van der Waals surface area contributed by atoms with E-state index in [4.69, 9.17) is 0 Å². The molecule has 2 aromatic carbocycles. The standard InChI is InChI=1S/C24H23N3O2/c28-23(21-7-4-14-25-17-21)26-22-12-15-27(16-13-22)24(29)20-10-8-19(9-11-20)18-5-2-1-3-6-18/h1-11,14,17,22H,12-13,15-16H2,(H,26,28). The molecule has 1 saturated heterocycles. The van der Waals surface area contributed by atoms with Crippen molar-refractivity contribution in [2.75, 3.05) is 13.1 Å². The summed E-state index contributed by atoms with van der Waals surface area (Å²) < 4.78 is 0. The molecular weight excluding hydrogens is 362 g/mol. The van der Waals surface area contributed by atoms with Gasteiger partial charge in [0.25, 0.3) is 11.8 Å². The topological polar surface area (TPSA) is 62.3 Å². The number of likely N-dealkylation sites (tertiary alicyclic amines) is 1. The third kappa shape index (κ3) is 4.51. The Balaban J connectivity index is 1.32. The van der Waals surface area contributed by atoms with Crippen LogP contribution >= 0.6 is 0 Å². The second-order valence-corrected chi connectivity index (χ2v) is 7.23. The molecule has 0 saturated carbocycles. The average molecular weight is 385 g/mol. The number of aromatic nitrogens is 1. The van der Waals surface area contributed by atoms with Crippen LogP contribution in [0.4, 0.5) is 0 Å². The van der Waals surface area contributed by atoms with E-state index in [2.05, 4.69) is 22.4 Å². The normalized spacial score (nSPS) is 14.4. The maximum absolute atomic E-state index is 12.8. The van der Waals surface area contributed by atoms with Crippen LogP contribution in [0.5, 0.6) is 0 Å². The molecule has 146 valence electrons. The monoisotopic (exact) mass is 385 g/mol. The van der Waals surface area contributed by atoms with E-state index in [1.165, 1.54) is 0 Å². The molecule has 1 aliphatic heterocycles. The summed E-state index contributed by atoms with van der Waals surface area (Å²) in [6.07, 6.45) is 4.71. The van der Waals surface area contributed by atoms with Crippen LogP contribution in [0.3, 0.4) is 0 Å². The van der Waals surface area contributed by atoms with Gasteiger partial charge in [0.05, 0.1) is 5.56 Å². The summed E-state index contributed by atoms with van der Waals surface area (Å²) >= 11 is 0. The summed E-state index contributed by atoms with van der Waals surface area (Å²) in [5.41, 5.74) is 3.49. The Morgan fingerprint density at radius 2 is 1.52 bits per heavy atom. The predicted molar refractivity (Wildman–Crippen MR) is 113 cm³/mol. The van der Waals surface area contributed by atoms with Crippen LogP contribution in [0.2, 0.25) is 0 Å². The zero-order valence-electron chi connectivity index (χ0n) is 16.1. The van der Waals surface area contributed by atoms with Crippen LogP contribution in [0.25, 0.3) is 11.1 Å². The number of nitrogens with zero attached hydrogens (tertiary/aromatic N) is 2. The Bertz CT molecular complexity index is 964. The minimum absolute atomic E-state index is 0.0432. The molecule has 0 bridgehead atoms. The Kier molecular flexibility index (Phi) is 5.66. The van der Waals surface area contributed by atoms with Gasteiger partial charge in [-0.3, -0.25) is 14.6 Å². The lowest BCUT2D eigenvalue weighted by molar-refractivity contribution is 0.0698. The van der Waals surface area contributed by atoms with Crippen LogP contribution in [0, 0.1) is 0 Å². The lowest BCUT2D eigenvalue weighted by Gasteiger charge is -2.32. The SMILES string of the molecule is O=C(NC1CCN(C(=O)c2ccc(-c3ccccc3)cc2)CC1)c1cccnc1. The molecule has 1 fully saturated rings. The molecule has 0 atom stereocenters. The fourth-order valence-electron chi connectivity index (χ4n) is 3.61. The number of carbonyl (C=O) groups is 2. The third-order valence-electron chi connectivity index (χ3n) is 5.28. The zero-order valence-corrected chi connectivity index (χ0v) is 16.1. The first-order chi connectivity index (χ1) is 14.2. The highest BCUT2D eigenvalue weighted by Crippen LogP contribution is 2.21. The highest BCUT2D eigenvalue weighted by Gasteiger charge is 2.25. The summed E-state index contributed by atoms with van der Waals surface area (Å²) in [6, 6.07) is 21.4. The smallest absolute Gasteiger partial charge is 0.253 e. The largest absolute Gasteiger partial charge is 0.349 e. The van der Waals surface area contributed by atoms with Gasteiger partial charge in [0.15, 0.2) is 0 Å². The molecule has 5 heteroatoms. The molecule has 2 amide bonds. The van der Waals surface area contributed by atoms with Gasteiger partial charge in [-0.25, -0.2) is 0 Å². The minimum atomic E-state index is -0.112.